The molecule has 1 aromatic carbocycles. The number of fused-ring (bicyclic) bond motifs is 1. The van der Waals surface area contributed by atoms with Crippen molar-refractivity contribution in [3.05, 3.63) is 41.3 Å². The Bertz CT molecular complexity index is 995. The lowest BCUT2D eigenvalue weighted by atomic mass is 9.82. The van der Waals surface area contributed by atoms with Crippen LogP contribution in [0.1, 0.15) is 54.9 Å². The quantitative estimate of drug-likeness (QED) is 0.419. The van der Waals surface area contributed by atoms with E-state index in [1.54, 1.807) is 6.20 Å². The van der Waals surface area contributed by atoms with Crippen LogP contribution in [0.2, 0.25) is 0 Å². The summed E-state index contributed by atoms with van der Waals surface area (Å²) < 4.78 is 2.88. The van der Waals surface area contributed by atoms with Gasteiger partial charge >= 0.3 is 0 Å². The van der Waals surface area contributed by atoms with Gasteiger partial charge in [-0.25, -0.2) is 9.97 Å². The van der Waals surface area contributed by atoms with Crippen LogP contribution >= 0.6 is 15.9 Å². The Morgan fingerprint density at radius 3 is 2.23 bits per heavy atom. The van der Waals surface area contributed by atoms with Gasteiger partial charge in [0.1, 0.15) is 16.1 Å². The highest BCUT2D eigenvalue weighted by molar-refractivity contribution is 9.10. The minimum atomic E-state index is -0.0974. The SMILES string of the molecule is CCN(CC)c1ccc(-c2nc3cnc(Br)cn3c2NC(C)(C)CC(C)(C)C)cc1. The molecule has 3 rings (SSSR count). The minimum Gasteiger partial charge on any atom is -0.372 e. The van der Waals surface area contributed by atoms with Crippen molar-refractivity contribution < 1.29 is 0 Å². The first-order chi connectivity index (χ1) is 14.0. The smallest absolute Gasteiger partial charge is 0.157 e. The minimum absolute atomic E-state index is 0.0974. The first-order valence-corrected chi connectivity index (χ1v) is 11.5. The summed E-state index contributed by atoms with van der Waals surface area (Å²) in [7, 11) is 0. The maximum absolute atomic E-state index is 4.92. The second kappa shape index (κ2) is 8.58. The Hall–Kier alpha value is -2.08. The van der Waals surface area contributed by atoms with Gasteiger partial charge in [-0.05, 0) is 67.6 Å². The van der Waals surface area contributed by atoms with Crippen molar-refractivity contribution in [3.63, 3.8) is 0 Å². The van der Waals surface area contributed by atoms with Gasteiger partial charge in [0.25, 0.3) is 0 Å². The normalized spacial score (nSPS) is 12.4. The predicted molar refractivity (Wildman–Crippen MR) is 131 cm³/mol. The van der Waals surface area contributed by atoms with Crippen molar-refractivity contribution in [2.45, 2.75) is 60.4 Å². The third-order valence-electron chi connectivity index (χ3n) is 5.18. The van der Waals surface area contributed by atoms with Crippen LogP contribution in [0, 0.1) is 5.41 Å². The summed E-state index contributed by atoms with van der Waals surface area (Å²) in [4.78, 5) is 11.6. The molecule has 0 aliphatic rings. The van der Waals surface area contributed by atoms with E-state index in [-0.39, 0.29) is 11.0 Å². The molecular weight excluding hydrogens is 438 g/mol. The Balaban J connectivity index is 2.07. The topological polar surface area (TPSA) is 45.5 Å². The van der Waals surface area contributed by atoms with E-state index in [1.165, 1.54) is 5.69 Å². The molecule has 0 aliphatic heterocycles. The average molecular weight is 472 g/mol. The third-order valence-corrected chi connectivity index (χ3v) is 5.59. The molecule has 0 amide bonds. The molecule has 2 heterocycles. The number of hydrogen-bond donors (Lipinski definition) is 1. The predicted octanol–water partition coefficient (Wildman–Crippen LogP) is 6.63. The number of hydrogen-bond acceptors (Lipinski definition) is 4. The second-order valence-corrected chi connectivity index (χ2v) is 10.5. The fourth-order valence-corrected chi connectivity index (χ4v) is 4.67. The van der Waals surface area contributed by atoms with Gasteiger partial charge in [0.15, 0.2) is 5.65 Å². The number of imidazole rings is 1. The second-order valence-electron chi connectivity index (χ2n) is 9.71. The summed E-state index contributed by atoms with van der Waals surface area (Å²) in [6.45, 7) is 17.7. The lowest BCUT2D eigenvalue weighted by Crippen LogP contribution is -2.36. The molecule has 0 saturated heterocycles. The van der Waals surface area contributed by atoms with Gasteiger partial charge in [-0.1, -0.05) is 32.9 Å². The summed E-state index contributed by atoms with van der Waals surface area (Å²) >= 11 is 3.51. The van der Waals surface area contributed by atoms with Gasteiger partial charge in [-0.15, -0.1) is 0 Å². The molecule has 0 spiro atoms. The monoisotopic (exact) mass is 471 g/mol. The maximum atomic E-state index is 4.92. The molecule has 0 bridgehead atoms. The van der Waals surface area contributed by atoms with E-state index in [9.17, 15) is 0 Å². The zero-order chi connectivity index (χ0) is 22.1. The Labute approximate surface area is 189 Å². The van der Waals surface area contributed by atoms with E-state index in [1.807, 2.05) is 6.20 Å². The van der Waals surface area contributed by atoms with Crippen molar-refractivity contribution in [1.82, 2.24) is 14.4 Å². The van der Waals surface area contributed by atoms with Crippen LogP contribution in [0.15, 0.2) is 41.3 Å². The molecule has 2 aromatic heterocycles. The summed E-state index contributed by atoms with van der Waals surface area (Å²) in [5.74, 6) is 0.998. The van der Waals surface area contributed by atoms with E-state index >= 15 is 0 Å². The number of nitrogens with one attached hydrogen (secondary N) is 1. The summed E-state index contributed by atoms with van der Waals surface area (Å²) in [6, 6.07) is 8.70. The summed E-state index contributed by atoms with van der Waals surface area (Å²) in [5, 5.41) is 3.79. The highest BCUT2D eigenvalue weighted by atomic mass is 79.9. The van der Waals surface area contributed by atoms with Crippen LogP contribution in [-0.2, 0) is 0 Å². The average Bonchev–Trinajstić information content (AvgIpc) is 2.98. The van der Waals surface area contributed by atoms with Crippen LogP contribution in [0.25, 0.3) is 16.9 Å². The lowest BCUT2D eigenvalue weighted by Gasteiger charge is -2.34. The number of rotatable bonds is 7. The van der Waals surface area contributed by atoms with Crippen LogP contribution < -0.4 is 10.2 Å². The fourth-order valence-electron chi connectivity index (χ4n) is 4.36. The van der Waals surface area contributed by atoms with Gasteiger partial charge in [-0.3, -0.25) is 4.40 Å². The number of halogens is 1. The molecule has 0 radical (unpaired) electrons. The molecule has 0 unspecified atom stereocenters. The zero-order valence-electron chi connectivity index (χ0n) is 19.3. The van der Waals surface area contributed by atoms with E-state index in [4.69, 9.17) is 4.98 Å². The molecule has 0 saturated carbocycles. The molecule has 0 aliphatic carbocycles. The molecule has 0 atom stereocenters. The van der Waals surface area contributed by atoms with Gasteiger partial charge < -0.3 is 10.2 Å². The molecular formula is C24H34BrN5. The van der Waals surface area contributed by atoms with Crippen LogP contribution in [0.4, 0.5) is 11.5 Å². The zero-order valence-corrected chi connectivity index (χ0v) is 20.8. The van der Waals surface area contributed by atoms with Crippen LogP contribution in [-0.4, -0.2) is 33.0 Å². The van der Waals surface area contributed by atoms with Crippen molar-refractivity contribution in [1.29, 1.82) is 0 Å². The lowest BCUT2D eigenvalue weighted by molar-refractivity contribution is 0.302. The summed E-state index contributed by atoms with van der Waals surface area (Å²) in [5.41, 5.74) is 4.22. The molecule has 30 heavy (non-hydrogen) atoms. The van der Waals surface area contributed by atoms with E-state index in [0.717, 1.165) is 46.8 Å². The first kappa shape index (κ1) is 22.6. The summed E-state index contributed by atoms with van der Waals surface area (Å²) in [6.07, 6.45) is 4.81. The Morgan fingerprint density at radius 1 is 1.03 bits per heavy atom. The van der Waals surface area contributed by atoms with Gasteiger partial charge in [0.05, 0.1) is 6.20 Å². The molecule has 0 fully saturated rings. The maximum Gasteiger partial charge on any atom is 0.157 e. The number of anilines is 2. The van der Waals surface area contributed by atoms with Gasteiger partial charge in [-0.2, -0.15) is 0 Å². The Kier molecular flexibility index (Phi) is 6.46. The standard InChI is InChI=1S/C24H34BrN5/c1-8-29(9-2)18-12-10-17(11-13-18)21-22(28-24(6,7)16-23(3,4)5)30-15-19(25)26-14-20(30)27-21/h10-15,28H,8-9,16H2,1-7H3. The van der Waals surface area contributed by atoms with E-state index in [2.05, 4.69) is 108 Å². The molecule has 162 valence electrons. The van der Waals surface area contributed by atoms with Crippen molar-refractivity contribution in [2.75, 3.05) is 23.3 Å². The van der Waals surface area contributed by atoms with Gasteiger partial charge in [0, 0.05) is 36.1 Å². The highest BCUT2D eigenvalue weighted by Crippen LogP contribution is 2.35. The number of nitrogens with zero attached hydrogens (tertiary/aromatic N) is 4. The molecule has 1 N–H and O–H groups in total. The number of aromatic nitrogens is 3. The van der Waals surface area contributed by atoms with E-state index in [0.29, 0.717) is 0 Å². The van der Waals surface area contributed by atoms with Crippen LogP contribution in [0.3, 0.4) is 0 Å². The van der Waals surface area contributed by atoms with Gasteiger partial charge in [0.2, 0.25) is 0 Å². The molecule has 6 heteroatoms. The largest absolute Gasteiger partial charge is 0.372 e. The van der Waals surface area contributed by atoms with E-state index < -0.39 is 0 Å². The molecule has 5 nitrogen and oxygen atoms in total. The highest BCUT2D eigenvalue weighted by Gasteiger charge is 2.28. The van der Waals surface area contributed by atoms with Crippen LogP contribution in [0.5, 0.6) is 0 Å². The Morgan fingerprint density at radius 2 is 1.67 bits per heavy atom. The van der Waals surface area contributed by atoms with Crippen molar-refractivity contribution >= 4 is 33.1 Å². The first-order valence-electron chi connectivity index (χ1n) is 10.7. The third kappa shape index (κ3) is 5.15. The fraction of sp³-hybridized carbons (Fsp3) is 0.500. The molecule has 3 aromatic rings. The van der Waals surface area contributed by atoms with Crippen molar-refractivity contribution in [2.24, 2.45) is 5.41 Å². The van der Waals surface area contributed by atoms with Crippen molar-refractivity contribution in [3.8, 4) is 11.3 Å². The number of benzene rings is 1.